The molecule has 0 spiro atoms. The Hall–Kier alpha value is -1.88. The van der Waals surface area contributed by atoms with E-state index in [1.807, 2.05) is 0 Å². The third kappa shape index (κ3) is 3.04. The van der Waals surface area contributed by atoms with Gasteiger partial charge in [0.05, 0.1) is 0 Å². The number of aromatic carboxylic acids is 1. The minimum Gasteiger partial charge on any atom is -0.477 e. The molecule has 0 radical (unpaired) electrons. The lowest BCUT2D eigenvalue weighted by Gasteiger charge is -2.04. The van der Waals surface area contributed by atoms with Crippen LogP contribution in [-0.2, 0) is 6.54 Å². The lowest BCUT2D eigenvalue weighted by atomic mass is 10.3. The van der Waals surface area contributed by atoms with E-state index in [-0.39, 0.29) is 5.69 Å². The summed E-state index contributed by atoms with van der Waals surface area (Å²) < 4.78 is 0. The number of carboxylic acids is 1. The quantitative estimate of drug-likeness (QED) is 0.873. The fraction of sp³-hybridized carbons (Fsp3) is 0.167. The van der Waals surface area contributed by atoms with Gasteiger partial charge in [-0.15, -0.1) is 11.3 Å². The molecule has 0 unspecified atom stereocenters. The van der Waals surface area contributed by atoms with Gasteiger partial charge < -0.3 is 10.4 Å². The number of aryl methyl sites for hydroxylation is 1. The topological polar surface area (TPSA) is 62.2 Å². The summed E-state index contributed by atoms with van der Waals surface area (Å²) in [6.45, 7) is 2.75. The zero-order valence-corrected chi connectivity index (χ0v) is 10.1. The molecule has 0 aliphatic heterocycles. The molecule has 2 rings (SSSR count). The zero-order valence-electron chi connectivity index (χ0n) is 9.30. The van der Waals surface area contributed by atoms with Gasteiger partial charge in [-0.3, -0.25) is 0 Å². The second kappa shape index (κ2) is 4.97. The van der Waals surface area contributed by atoms with Crippen LogP contribution in [0.4, 0.5) is 5.69 Å². The Morgan fingerprint density at radius 1 is 1.47 bits per heavy atom. The Kier molecular flexibility index (Phi) is 3.39. The molecule has 5 heteroatoms. The maximum Gasteiger partial charge on any atom is 0.354 e. The first kappa shape index (κ1) is 11.6. The number of carbonyl (C=O) groups is 1. The predicted octanol–water partition coefficient (Wildman–Crippen LogP) is 2.76. The van der Waals surface area contributed by atoms with Crippen molar-refractivity contribution in [1.82, 2.24) is 4.98 Å². The highest BCUT2D eigenvalue weighted by molar-refractivity contribution is 7.11. The summed E-state index contributed by atoms with van der Waals surface area (Å²) in [5.41, 5.74) is 0.820. The van der Waals surface area contributed by atoms with E-state index in [1.54, 1.807) is 17.4 Å². The van der Waals surface area contributed by atoms with Crippen molar-refractivity contribution < 1.29 is 9.90 Å². The maximum absolute atomic E-state index is 10.7. The molecule has 2 aromatic heterocycles. The number of nitrogens with one attached hydrogen (secondary N) is 1. The zero-order chi connectivity index (χ0) is 12.3. The van der Waals surface area contributed by atoms with Crippen LogP contribution in [0.1, 0.15) is 20.2 Å². The average Bonchev–Trinajstić information content (AvgIpc) is 2.73. The molecule has 0 fully saturated rings. The van der Waals surface area contributed by atoms with Crippen LogP contribution in [0.5, 0.6) is 0 Å². The first-order chi connectivity index (χ1) is 8.15. The molecule has 0 aliphatic carbocycles. The summed E-state index contributed by atoms with van der Waals surface area (Å²) in [5.74, 6) is -1.01. The highest BCUT2D eigenvalue weighted by Gasteiger charge is 2.04. The first-order valence-electron chi connectivity index (χ1n) is 5.13. The van der Waals surface area contributed by atoms with Gasteiger partial charge in [-0.2, -0.15) is 0 Å². The van der Waals surface area contributed by atoms with Gasteiger partial charge in [0.2, 0.25) is 0 Å². The van der Waals surface area contributed by atoms with Crippen molar-refractivity contribution in [3.63, 3.8) is 0 Å². The third-order valence-electron chi connectivity index (χ3n) is 2.24. The molecule has 0 aromatic carbocycles. The van der Waals surface area contributed by atoms with Crippen LogP contribution in [0.25, 0.3) is 0 Å². The van der Waals surface area contributed by atoms with Gasteiger partial charge in [0.1, 0.15) is 5.69 Å². The molecule has 0 atom stereocenters. The van der Waals surface area contributed by atoms with E-state index in [4.69, 9.17) is 5.11 Å². The number of aromatic nitrogens is 1. The highest BCUT2D eigenvalue weighted by Crippen LogP contribution is 2.17. The van der Waals surface area contributed by atoms with E-state index < -0.39 is 5.97 Å². The second-order valence-electron chi connectivity index (χ2n) is 3.60. The summed E-state index contributed by atoms with van der Waals surface area (Å²) in [6, 6.07) is 7.42. The van der Waals surface area contributed by atoms with E-state index in [2.05, 4.69) is 29.4 Å². The number of hydrogen-bond donors (Lipinski definition) is 2. The van der Waals surface area contributed by atoms with Gasteiger partial charge in [-0.25, -0.2) is 9.78 Å². The van der Waals surface area contributed by atoms with Crippen molar-refractivity contribution in [3.05, 3.63) is 45.9 Å². The largest absolute Gasteiger partial charge is 0.477 e. The summed E-state index contributed by atoms with van der Waals surface area (Å²) >= 11 is 1.72. The van der Waals surface area contributed by atoms with Crippen molar-refractivity contribution in [3.8, 4) is 0 Å². The van der Waals surface area contributed by atoms with Crippen molar-refractivity contribution in [1.29, 1.82) is 0 Å². The van der Waals surface area contributed by atoms with Gasteiger partial charge in [0.15, 0.2) is 0 Å². The minimum atomic E-state index is -1.01. The fourth-order valence-corrected chi connectivity index (χ4v) is 2.26. The monoisotopic (exact) mass is 248 g/mol. The van der Waals surface area contributed by atoms with E-state index in [1.165, 1.54) is 22.0 Å². The predicted molar refractivity (Wildman–Crippen MR) is 67.6 cm³/mol. The van der Waals surface area contributed by atoms with Crippen LogP contribution in [0, 0.1) is 6.92 Å². The molecule has 2 N–H and O–H groups in total. The Balaban J connectivity index is 2.04. The second-order valence-corrected chi connectivity index (χ2v) is 4.97. The summed E-state index contributed by atoms with van der Waals surface area (Å²) in [5, 5.41) is 12.0. The molecule has 88 valence electrons. The van der Waals surface area contributed by atoms with Crippen LogP contribution in [0.2, 0.25) is 0 Å². The lowest BCUT2D eigenvalue weighted by molar-refractivity contribution is 0.0690. The number of anilines is 1. The first-order valence-corrected chi connectivity index (χ1v) is 5.95. The minimum absolute atomic E-state index is 0.0531. The van der Waals surface area contributed by atoms with Crippen molar-refractivity contribution in [2.45, 2.75) is 13.5 Å². The Morgan fingerprint density at radius 3 is 2.94 bits per heavy atom. The van der Waals surface area contributed by atoms with E-state index in [0.717, 1.165) is 5.69 Å². The number of hydrogen-bond acceptors (Lipinski definition) is 4. The van der Waals surface area contributed by atoms with Crippen molar-refractivity contribution in [2.75, 3.05) is 5.32 Å². The lowest BCUT2D eigenvalue weighted by Crippen LogP contribution is -2.03. The SMILES string of the molecule is Cc1ccc(CNc2ccnc(C(=O)O)c2)s1. The third-order valence-corrected chi connectivity index (χ3v) is 3.24. The summed E-state index contributed by atoms with van der Waals surface area (Å²) in [7, 11) is 0. The fourth-order valence-electron chi connectivity index (χ4n) is 1.43. The molecule has 0 saturated heterocycles. The summed E-state index contributed by atoms with van der Waals surface area (Å²) in [4.78, 5) is 17.0. The van der Waals surface area contributed by atoms with Gasteiger partial charge in [-0.1, -0.05) is 0 Å². The van der Waals surface area contributed by atoms with Gasteiger partial charge in [0.25, 0.3) is 0 Å². The molecule has 17 heavy (non-hydrogen) atoms. The van der Waals surface area contributed by atoms with Crippen LogP contribution in [0.3, 0.4) is 0 Å². The number of rotatable bonds is 4. The van der Waals surface area contributed by atoms with E-state index >= 15 is 0 Å². The summed E-state index contributed by atoms with van der Waals surface area (Å²) in [6.07, 6.45) is 1.49. The van der Waals surface area contributed by atoms with Crippen LogP contribution in [0.15, 0.2) is 30.5 Å². The molecular formula is C12H12N2O2S. The van der Waals surface area contributed by atoms with Crippen LogP contribution < -0.4 is 5.32 Å². The van der Waals surface area contributed by atoms with Gasteiger partial charge in [-0.05, 0) is 31.2 Å². The Morgan fingerprint density at radius 2 is 2.29 bits per heavy atom. The smallest absolute Gasteiger partial charge is 0.354 e. The molecule has 2 aromatic rings. The van der Waals surface area contributed by atoms with Gasteiger partial charge in [0, 0.05) is 28.2 Å². The molecule has 4 nitrogen and oxygen atoms in total. The Bertz CT molecular complexity index is 537. The van der Waals surface area contributed by atoms with E-state index in [9.17, 15) is 4.79 Å². The van der Waals surface area contributed by atoms with Crippen molar-refractivity contribution >= 4 is 23.0 Å². The standard InChI is InChI=1S/C12H12N2O2S/c1-8-2-3-10(17-8)7-14-9-4-5-13-11(6-9)12(15)16/h2-6H,7H2,1H3,(H,13,14)(H,15,16). The molecule has 0 bridgehead atoms. The molecule has 0 aliphatic rings. The normalized spacial score (nSPS) is 10.2. The Labute approximate surface area is 103 Å². The van der Waals surface area contributed by atoms with Crippen molar-refractivity contribution in [2.24, 2.45) is 0 Å². The highest BCUT2D eigenvalue weighted by atomic mass is 32.1. The molecular weight excluding hydrogens is 236 g/mol. The average molecular weight is 248 g/mol. The molecule has 0 amide bonds. The number of thiophene rings is 1. The van der Waals surface area contributed by atoms with Crippen LogP contribution in [-0.4, -0.2) is 16.1 Å². The van der Waals surface area contributed by atoms with E-state index in [0.29, 0.717) is 6.54 Å². The maximum atomic E-state index is 10.7. The molecule has 0 saturated carbocycles. The number of nitrogens with zero attached hydrogens (tertiary/aromatic N) is 1. The molecule has 2 heterocycles. The number of pyridine rings is 1. The van der Waals surface area contributed by atoms with Crippen LogP contribution >= 0.6 is 11.3 Å². The number of carboxylic acid groups (broad SMARTS) is 1. The van der Waals surface area contributed by atoms with Gasteiger partial charge >= 0.3 is 5.97 Å².